The Morgan fingerprint density at radius 1 is 1.44 bits per heavy atom. The number of nitrogen functional groups attached to an aromatic ring is 1. The second kappa shape index (κ2) is 5.18. The molecule has 0 radical (unpaired) electrons. The van der Waals surface area contributed by atoms with E-state index < -0.39 is 0 Å². The fourth-order valence-electron chi connectivity index (χ4n) is 1.65. The molecular formula is C12H14ClN3O2. The van der Waals surface area contributed by atoms with Gasteiger partial charge >= 0.3 is 0 Å². The van der Waals surface area contributed by atoms with Gasteiger partial charge in [0.2, 0.25) is 0 Å². The van der Waals surface area contributed by atoms with Crippen LogP contribution in [0.15, 0.2) is 28.8 Å². The lowest BCUT2D eigenvalue weighted by Gasteiger charge is -2.19. The number of aromatic nitrogens is 1. The minimum atomic E-state index is 0.374. The number of anilines is 2. The molecule has 0 aliphatic rings. The fourth-order valence-corrected chi connectivity index (χ4v) is 1.96. The Kier molecular flexibility index (Phi) is 3.62. The Hall–Kier alpha value is -1.88. The van der Waals surface area contributed by atoms with Gasteiger partial charge in [-0.25, -0.2) is 0 Å². The van der Waals surface area contributed by atoms with Gasteiger partial charge in [0, 0.05) is 19.2 Å². The predicted molar refractivity (Wildman–Crippen MR) is 71.0 cm³/mol. The molecule has 0 saturated heterocycles. The van der Waals surface area contributed by atoms with Crippen molar-refractivity contribution in [3.8, 4) is 5.75 Å². The summed E-state index contributed by atoms with van der Waals surface area (Å²) in [6, 6.07) is 7.20. The molecule has 5 nitrogen and oxygen atoms in total. The Bertz CT molecular complexity index is 542. The highest BCUT2D eigenvalue weighted by Gasteiger charge is 2.10. The molecule has 2 aromatic rings. The van der Waals surface area contributed by atoms with Crippen LogP contribution in [0.5, 0.6) is 5.75 Å². The first-order valence-corrected chi connectivity index (χ1v) is 5.73. The van der Waals surface area contributed by atoms with Crippen molar-refractivity contribution < 1.29 is 9.26 Å². The first-order chi connectivity index (χ1) is 8.60. The van der Waals surface area contributed by atoms with E-state index in [0.29, 0.717) is 23.1 Å². The maximum absolute atomic E-state index is 6.18. The van der Waals surface area contributed by atoms with Gasteiger partial charge in [0.15, 0.2) is 11.6 Å². The van der Waals surface area contributed by atoms with Crippen LogP contribution in [0.3, 0.4) is 0 Å². The molecule has 2 rings (SSSR count). The highest BCUT2D eigenvalue weighted by atomic mass is 35.5. The highest BCUT2D eigenvalue weighted by molar-refractivity contribution is 6.33. The summed E-state index contributed by atoms with van der Waals surface area (Å²) >= 11 is 6.18. The molecule has 96 valence electrons. The topological polar surface area (TPSA) is 64.5 Å². The lowest BCUT2D eigenvalue weighted by Crippen LogP contribution is -2.16. The van der Waals surface area contributed by atoms with Crippen LogP contribution < -0.4 is 15.4 Å². The maximum atomic E-state index is 6.18. The van der Waals surface area contributed by atoms with Gasteiger partial charge in [-0.3, -0.25) is 0 Å². The Morgan fingerprint density at radius 3 is 2.78 bits per heavy atom. The normalized spacial score (nSPS) is 10.4. The van der Waals surface area contributed by atoms with Gasteiger partial charge in [-0.2, -0.15) is 0 Å². The van der Waals surface area contributed by atoms with Gasteiger partial charge in [-0.1, -0.05) is 16.8 Å². The van der Waals surface area contributed by atoms with Gasteiger partial charge in [0.25, 0.3) is 0 Å². The van der Waals surface area contributed by atoms with Crippen molar-refractivity contribution in [1.29, 1.82) is 0 Å². The molecule has 0 bridgehead atoms. The second-order valence-electron chi connectivity index (χ2n) is 3.89. The Labute approximate surface area is 110 Å². The van der Waals surface area contributed by atoms with Crippen LogP contribution in [-0.4, -0.2) is 19.3 Å². The van der Waals surface area contributed by atoms with Crippen LogP contribution in [-0.2, 0) is 6.54 Å². The van der Waals surface area contributed by atoms with E-state index in [9.17, 15) is 0 Å². The number of benzene rings is 1. The fraction of sp³-hybridized carbons (Fsp3) is 0.250. The average Bonchev–Trinajstić information content (AvgIpc) is 2.74. The van der Waals surface area contributed by atoms with Crippen molar-refractivity contribution in [2.75, 3.05) is 24.8 Å². The molecule has 1 aromatic carbocycles. The summed E-state index contributed by atoms with van der Waals surface area (Å²) in [6.45, 7) is 0.538. The van der Waals surface area contributed by atoms with E-state index in [4.69, 9.17) is 26.6 Å². The minimum absolute atomic E-state index is 0.374. The Balaban J connectivity index is 2.15. The van der Waals surface area contributed by atoms with Crippen LogP contribution in [0.2, 0.25) is 5.02 Å². The van der Waals surface area contributed by atoms with Crippen molar-refractivity contribution in [1.82, 2.24) is 5.16 Å². The maximum Gasteiger partial charge on any atom is 0.167 e. The molecule has 0 fully saturated rings. The zero-order valence-electron chi connectivity index (χ0n) is 10.2. The molecule has 0 amide bonds. The van der Waals surface area contributed by atoms with Gasteiger partial charge in [0.05, 0.1) is 24.4 Å². The lowest BCUT2D eigenvalue weighted by atomic mass is 10.2. The number of nitrogens with zero attached hydrogens (tertiary/aromatic N) is 2. The number of hydrogen-bond donors (Lipinski definition) is 1. The highest BCUT2D eigenvalue weighted by Crippen LogP contribution is 2.29. The quantitative estimate of drug-likeness (QED) is 0.922. The Morgan fingerprint density at radius 2 is 2.22 bits per heavy atom. The van der Waals surface area contributed by atoms with E-state index in [1.807, 2.05) is 24.1 Å². The first kappa shape index (κ1) is 12.6. The SMILES string of the molecule is COc1ccc(N(C)Cc2cc(N)no2)c(Cl)c1. The van der Waals surface area contributed by atoms with Crippen molar-refractivity contribution in [2.45, 2.75) is 6.54 Å². The molecule has 18 heavy (non-hydrogen) atoms. The molecule has 0 aliphatic carbocycles. The third kappa shape index (κ3) is 2.68. The predicted octanol–water partition coefficient (Wildman–Crippen LogP) is 2.56. The van der Waals surface area contributed by atoms with Gasteiger partial charge in [-0.05, 0) is 12.1 Å². The summed E-state index contributed by atoms with van der Waals surface area (Å²) in [5.74, 6) is 1.78. The van der Waals surface area contributed by atoms with Gasteiger partial charge in [-0.15, -0.1) is 0 Å². The largest absolute Gasteiger partial charge is 0.497 e. The van der Waals surface area contributed by atoms with Crippen molar-refractivity contribution >= 4 is 23.1 Å². The number of ether oxygens (including phenoxy) is 1. The van der Waals surface area contributed by atoms with E-state index in [0.717, 1.165) is 11.4 Å². The third-order valence-corrected chi connectivity index (χ3v) is 2.84. The van der Waals surface area contributed by atoms with Crippen LogP contribution in [0.4, 0.5) is 11.5 Å². The number of methoxy groups -OCH3 is 1. The van der Waals surface area contributed by atoms with Crippen LogP contribution in [0.25, 0.3) is 0 Å². The number of hydrogen-bond acceptors (Lipinski definition) is 5. The zero-order chi connectivity index (χ0) is 13.1. The first-order valence-electron chi connectivity index (χ1n) is 5.36. The molecule has 0 aliphatic heterocycles. The summed E-state index contributed by atoms with van der Waals surface area (Å²) in [4.78, 5) is 1.95. The van der Waals surface area contributed by atoms with Gasteiger partial charge in [0.1, 0.15) is 5.75 Å². The summed E-state index contributed by atoms with van der Waals surface area (Å²) < 4.78 is 10.2. The minimum Gasteiger partial charge on any atom is -0.497 e. The summed E-state index contributed by atoms with van der Waals surface area (Å²) in [5.41, 5.74) is 6.38. The summed E-state index contributed by atoms with van der Waals surface area (Å²) in [6.07, 6.45) is 0. The molecule has 0 atom stereocenters. The lowest BCUT2D eigenvalue weighted by molar-refractivity contribution is 0.385. The smallest absolute Gasteiger partial charge is 0.167 e. The van der Waals surface area contributed by atoms with Gasteiger partial charge < -0.3 is 19.9 Å². The molecule has 6 heteroatoms. The van der Waals surface area contributed by atoms with Crippen LogP contribution >= 0.6 is 11.6 Å². The average molecular weight is 268 g/mol. The molecule has 1 heterocycles. The molecular weight excluding hydrogens is 254 g/mol. The third-order valence-electron chi connectivity index (χ3n) is 2.54. The molecule has 0 spiro atoms. The van der Waals surface area contributed by atoms with Crippen molar-refractivity contribution in [3.63, 3.8) is 0 Å². The van der Waals surface area contributed by atoms with E-state index in [1.165, 1.54) is 0 Å². The van der Waals surface area contributed by atoms with E-state index >= 15 is 0 Å². The van der Waals surface area contributed by atoms with Crippen molar-refractivity contribution in [2.24, 2.45) is 0 Å². The number of nitrogens with two attached hydrogens (primary N) is 1. The van der Waals surface area contributed by atoms with Crippen molar-refractivity contribution in [3.05, 3.63) is 35.0 Å². The standard InChI is InChI=1S/C12H14ClN3O2/c1-16(7-9-6-12(14)15-18-9)11-4-3-8(17-2)5-10(11)13/h3-6H,7H2,1-2H3,(H2,14,15). The monoisotopic (exact) mass is 267 g/mol. The number of halogens is 1. The van der Waals surface area contributed by atoms with Crippen LogP contribution in [0, 0.1) is 0 Å². The molecule has 2 N–H and O–H groups in total. The zero-order valence-corrected chi connectivity index (χ0v) is 10.9. The van der Waals surface area contributed by atoms with E-state index in [1.54, 1.807) is 19.2 Å². The molecule has 1 aromatic heterocycles. The molecule has 0 unspecified atom stereocenters. The second-order valence-corrected chi connectivity index (χ2v) is 4.30. The van der Waals surface area contributed by atoms with E-state index in [-0.39, 0.29) is 0 Å². The van der Waals surface area contributed by atoms with E-state index in [2.05, 4.69) is 5.16 Å². The molecule has 0 saturated carbocycles. The number of rotatable bonds is 4. The summed E-state index contributed by atoms with van der Waals surface area (Å²) in [5, 5.41) is 4.25. The summed E-state index contributed by atoms with van der Waals surface area (Å²) in [7, 11) is 3.51. The van der Waals surface area contributed by atoms with Crippen LogP contribution in [0.1, 0.15) is 5.76 Å².